The molecule has 0 atom stereocenters. The van der Waals surface area contributed by atoms with Gasteiger partial charge in [-0.3, -0.25) is 4.79 Å². The van der Waals surface area contributed by atoms with E-state index in [1.54, 1.807) is 0 Å². The van der Waals surface area contributed by atoms with Crippen molar-refractivity contribution in [1.82, 2.24) is 0 Å². The summed E-state index contributed by atoms with van der Waals surface area (Å²) in [6.07, 6.45) is 4.63. The summed E-state index contributed by atoms with van der Waals surface area (Å²) in [4.78, 5) is 11.8. The first kappa shape index (κ1) is 13.9. The minimum atomic E-state index is -0.801. The zero-order valence-corrected chi connectivity index (χ0v) is 12.1. The Bertz CT molecular complexity index is 488. The average molecular weight is 261 g/mol. The number of carbonyl (C=O) groups excluding carboxylic acids is 1. The molecule has 1 aromatic rings. The molecule has 0 radical (unpaired) electrons. The quantitative estimate of drug-likeness (QED) is 0.908. The molecule has 0 spiro atoms. The highest BCUT2D eigenvalue weighted by Gasteiger charge is 2.40. The van der Waals surface area contributed by atoms with Gasteiger partial charge in [-0.05, 0) is 69.2 Å². The lowest BCUT2D eigenvalue weighted by atomic mass is 9.84. The largest absolute Gasteiger partial charge is 0.477 e. The van der Waals surface area contributed by atoms with Gasteiger partial charge in [-0.25, -0.2) is 0 Å². The molecule has 1 aliphatic carbocycles. The third-order valence-electron chi connectivity index (χ3n) is 4.21. The first-order valence-corrected chi connectivity index (χ1v) is 7.01. The Morgan fingerprint density at radius 2 is 1.63 bits per heavy atom. The lowest BCUT2D eigenvalue weighted by Gasteiger charge is -2.35. The number of aryl methyl sites for hydroxylation is 3. The Balaban J connectivity index is 2.32. The van der Waals surface area contributed by atoms with Crippen molar-refractivity contribution >= 4 is 5.91 Å². The summed E-state index contributed by atoms with van der Waals surface area (Å²) in [5.74, 6) is 0.466. The van der Waals surface area contributed by atoms with E-state index in [1.807, 2.05) is 13.0 Å². The van der Waals surface area contributed by atoms with Gasteiger partial charge < -0.3 is 10.5 Å². The van der Waals surface area contributed by atoms with Crippen molar-refractivity contribution in [2.24, 2.45) is 5.73 Å². The Labute approximate surface area is 115 Å². The van der Waals surface area contributed by atoms with Crippen LogP contribution in [0.5, 0.6) is 5.75 Å². The molecular weight excluding hydrogens is 238 g/mol. The van der Waals surface area contributed by atoms with Crippen LogP contribution in [0, 0.1) is 20.8 Å². The number of hydrogen-bond acceptors (Lipinski definition) is 2. The van der Waals surface area contributed by atoms with Crippen molar-refractivity contribution in [3.05, 3.63) is 28.8 Å². The van der Waals surface area contributed by atoms with Gasteiger partial charge in [0.25, 0.3) is 5.91 Å². The predicted octanol–water partition coefficient (Wildman–Crippen LogP) is 3.18. The minimum absolute atomic E-state index is 0.329. The van der Waals surface area contributed by atoms with Crippen LogP contribution in [-0.2, 0) is 4.79 Å². The Morgan fingerprint density at radius 1 is 1.05 bits per heavy atom. The van der Waals surface area contributed by atoms with Crippen LogP contribution in [0.15, 0.2) is 12.1 Å². The highest BCUT2D eigenvalue weighted by atomic mass is 16.5. The summed E-state index contributed by atoms with van der Waals surface area (Å²) in [5.41, 5.74) is 8.28. The third kappa shape index (κ3) is 2.75. The molecule has 1 saturated carbocycles. The zero-order valence-electron chi connectivity index (χ0n) is 12.1. The second kappa shape index (κ2) is 5.24. The molecule has 3 nitrogen and oxygen atoms in total. The van der Waals surface area contributed by atoms with E-state index >= 15 is 0 Å². The molecule has 0 heterocycles. The number of hydrogen-bond donors (Lipinski definition) is 1. The van der Waals surface area contributed by atoms with Crippen LogP contribution in [0.4, 0.5) is 0 Å². The van der Waals surface area contributed by atoms with Crippen molar-refractivity contribution in [2.45, 2.75) is 58.5 Å². The maximum absolute atomic E-state index is 11.8. The SMILES string of the molecule is Cc1cc(C)c(OC2(C(N)=O)CCCCC2)cc1C. The van der Waals surface area contributed by atoms with Gasteiger partial charge in [0, 0.05) is 0 Å². The average Bonchev–Trinajstić information content (AvgIpc) is 2.37. The molecule has 1 aromatic carbocycles. The normalized spacial score (nSPS) is 18.1. The van der Waals surface area contributed by atoms with Gasteiger partial charge in [0.1, 0.15) is 5.75 Å². The van der Waals surface area contributed by atoms with E-state index in [2.05, 4.69) is 19.9 Å². The highest BCUT2D eigenvalue weighted by Crippen LogP contribution is 2.35. The number of primary amides is 1. The van der Waals surface area contributed by atoms with Gasteiger partial charge in [-0.2, -0.15) is 0 Å². The molecule has 1 fully saturated rings. The van der Waals surface area contributed by atoms with E-state index in [9.17, 15) is 4.79 Å². The van der Waals surface area contributed by atoms with Crippen LogP contribution < -0.4 is 10.5 Å². The standard InChI is InChI=1S/C16H23NO2/c1-11-9-13(3)14(10-12(11)2)19-16(15(17)18)7-5-4-6-8-16/h9-10H,4-8H2,1-3H3,(H2,17,18). The Kier molecular flexibility index (Phi) is 3.83. The van der Waals surface area contributed by atoms with Gasteiger partial charge in [-0.15, -0.1) is 0 Å². The molecule has 0 aliphatic heterocycles. The highest BCUT2D eigenvalue weighted by molar-refractivity contribution is 5.84. The van der Waals surface area contributed by atoms with Crippen molar-refractivity contribution in [2.75, 3.05) is 0 Å². The van der Waals surface area contributed by atoms with Crippen molar-refractivity contribution in [3.8, 4) is 5.75 Å². The smallest absolute Gasteiger partial charge is 0.261 e. The number of ether oxygens (including phenoxy) is 1. The molecule has 0 unspecified atom stereocenters. The van der Waals surface area contributed by atoms with Crippen LogP contribution in [0.1, 0.15) is 48.8 Å². The topological polar surface area (TPSA) is 52.3 Å². The lowest BCUT2D eigenvalue weighted by Crippen LogP contribution is -2.50. The summed E-state index contributed by atoms with van der Waals surface area (Å²) in [5, 5.41) is 0. The van der Waals surface area contributed by atoms with E-state index in [-0.39, 0.29) is 5.91 Å². The van der Waals surface area contributed by atoms with Crippen molar-refractivity contribution in [3.63, 3.8) is 0 Å². The van der Waals surface area contributed by atoms with Crippen LogP contribution in [0.25, 0.3) is 0 Å². The second-order valence-corrected chi connectivity index (χ2v) is 5.72. The predicted molar refractivity (Wildman–Crippen MR) is 76.3 cm³/mol. The number of carbonyl (C=O) groups is 1. The molecule has 1 aliphatic rings. The van der Waals surface area contributed by atoms with Crippen molar-refractivity contribution in [1.29, 1.82) is 0 Å². The van der Waals surface area contributed by atoms with Crippen LogP contribution in [0.3, 0.4) is 0 Å². The third-order valence-corrected chi connectivity index (χ3v) is 4.21. The molecule has 104 valence electrons. The fraction of sp³-hybridized carbons (Fsp3) is 0.562. The monoisotopic (exact) mass is 261 g/mol. The molecule has 19 heavy (non-hydrogen) atoms. The lowest BCUT2D eigenvalue weighted by molar-refractivity contribution is -0.136. The van der Waals surface area contributed by atoms with Gasteiger partial charge in [0.05, 0.1) is 0 Å². The number of rotatable bonds is 3. The van der Waals surface area contributed by atoms with E-state index in [4.69, 9.17) is 10.5 Å². The van der Waals surface area contributed by atoms with Gasteiger partial charge in [0.15, 0.2) is 5.60 Å². The van der Waals surface area contributed by atoms with Crippen molar-refractivity contribution < 1.29 is 9.53 Å². The Morgan fingerprint density at radius 3 is 2.21 bits per heavy atom. The van der Waals surface area contributed by atoms with E-state index in [0.717, 1.165) is 43.4 Å². The summed E-state index contributed by atoms with van der Waals surface area (Å²) >= 11 is 0. The fourth-order valence-corrected chi connectivity index (χ4v) is 2.78. The van der Waals surface area contributed by atoms with Gasteiger partial charge in [0.2, 0.25) is 0 Å². The van der Waals surface area contributed by atoms with Crippen LogP contribution in [0.2, 0.25) is 0 Å². The van der Waals surface area contributed by atoms with Crippen LogP contribution in [-0.4, -0.2) is 11.5 Å². The fourth-order valence-electron chi connectivity index (χ4n) is 2.78. The summed E-state index contributed by atoms with van der Waals surface area (Å²) < 4.78 is 6.10. The maximum atomic E-state index is 11.8. The van der Waals surface area contributed by atoms with Gasteiger partial charge >= 0.3 is 0 Å². The van der Waals surface area contributed by atoms with Crippen LogP contribution >= 0.6 is 0 Å². The molecule has 2 N–H and O–H groups in total. The summed E-state index contributed by atoms with van der Waals surface area (Å²) in [6, 6.07) is 4.12. The molecule has 2 rings (SSSR count). The maximum Gasteiger partial charge on any atom is 0.261 e. The van der Waals surface area contributed by atoms with Gasteiger partial charge in [-0.1, -0.05) is 12.5 Å². The number of nitrogens with two attached hydrogens (primary N) is 1. The molecule has 3 heteroatoms. The second-order valence-electron chi connectivity index (χ2n) is 5.72. The minimum Gasteiger partial charge on any atom is -0.477 e. The summed E-state index contributed by atoms with van der Waals surface area (Å²) in [7, 11) is 0. The summed E-state index contributed by atoms with van der Waals surface area (Å²) in [6.45, 7) is 6.15. The molecule has 0 aromatic heterocycles. The molecule has 0 saturated heterocycles. The molecule has 0 bridgehead atoms. The van der Waals surface area contributed by atoms with E-state index in [0.29, 0.717) is 0 Å². The molecular formula is C16H23NO2. The molecule has 1 amide bonds. The zero-order chi connectivity index (χ0) is 14.0. The number of amides is 1. The number of benzene rings is 1. The van der Waals surface area contributed by atoms with E-state index < -0.39 is 5.60 Å². The Hall–Kier alpha value is -1.51. The van der Waals surface area contributed by atoms with E-state index in [1.165, 1.54) is 11.1 Å². The first-order chi connectivity index (χ1) is 8.94. The first-order valence-electron chi connectivity index (χ1n) is 7.01.